The van der Waals surface area contributed by atoms with Crippen molar-refractivity contribution < 1.29 is 14.3 Å². The van der Waals surface area contributed by atoms with Gasteiger partial charge in [0.15, 0.2) is 0 Å². The van der Waals surface area contributed by atoms with E-state index in [-0.39, 0.29) is 11.9 Å². The molecule has 26 heavy (non-hydrogen) atoms. The number of carbonyl (C=O) groups excluding carboxylic acids is 1. The Labute approximate surface area is 152 Å². The van der Waals surface area contributed by atoms with Crippen molar-refractivity contribution in [2.45, 2.75) is 13.0 Å². The molecule has 0 saturated carbocycles. The SMILES string of the molecule is COc1ccc(C(C)NC(=O)c2ccc(-n3cccn3)cc2)c(OC)c1. The Morgan fingerprint density at radius 2 is 1.88 bits per heavy atom. The van der Waals surface area contributed by atoms with Crippen LogP contribution in [-0.2, 0) is 0 Å². The zero-order valence-corrected chi connectivity index (χ0v) is 15.0. The van der Waals surface area contributed by atoms with E-state index in [1.807, 2.05) is 43.5 Å². The highest BCUT2D eigenvalue weighted by molar-refractivity contribution is 5.94. The van der Waals surface area contributed by atoms with Gasteiger partial charge in [-0.15, -0.1) is 0 Å². The minimum atomic E-state index is -0.214. The second-order valence-corrected chi connectivity index (χ2v) is 5.80. The van der Waals surface area contributed by atoms with Crippen LogP contribution in [0.15, 0.2) is 60.9 Å². The monoisotopic (exact) mass is 351 g/mol. The molecule has 3 aromatic rings. The molecule has 1 aromatic heterocycles. The number of aromatic nitrogens is 2. The predicted octanol–water partition coefficient (Wildman–Crippen LogP) is 3.38. The number of hydrogen-bond acceptors (Lipinski definition) is 4. The number of carbonyl (C=O) groups is 1. The number of ether oxygens (including phenoxy) is 2. The normalized spacial score (nSPS) is 11.7. The van der Waals surface area contributed by atoms with Crippen molar-refractivity contribution in [3.63, 3.8) is 0 Å². The summed E-state index contributed by atoms with van der Waals surface area (Å²) in [5, 5.41) is 7.17. The Morgan fingerprint density at radius 3 is 2.50 bits per heavy atom. The molecule has 0 spiro atoms. The number of nitrogens with zero attached hydrogens (tertiary/aromatic N) is 2. The van der Waals surface area contributed by atoms with E-state index in [0.717, 1.165) is 11.3 Å². The van der Waals surface area contributed by atoms with Crippen molar-refractivity contribution in [1.29, 1.82) is 0 Å². The molecule has 3 rings (SSSR count). The average Bonchev–Trinajstić information content (AvgIpc) is 3.22. The zero-order valence-electron chi connectivity index (χ0n) is 15.0. The number of amides is 1. The molecule has 1 heterocycles. The smallest absolute Gasteiger partial charge is 0.251 e. The van der Waals surface area contributed by atoms with E-state index in [1.165, 1.54) is 0 Å². The number of nitrogens with one attached hydrogen (secondary N) is 1. The fourth-order valence-corrected chi connectivity index (χ4v) is 2.72. The second-order valence-electron chi connectivity index (χ2n) is 5.80. The van der Waals surface area contributed by atoms with E-state index < -0.39 is 0 Å². The van der Waals surface area contributed by atoms with Gasteiger partial charge in [0.25, 0.3) is 5.91 Å². The highest BCUT2D eigenvalue weighted by Crippen LogP contribution is 2.29. The summed E-state index contributed by atoms with van der Waals surface area (Å²) in [6, 6.07) is 14.5. The number of benzene rings is 2. The maximum Gasteiger partial charge on any atom is 0.251 e. The molecule has 0 aliphatic carbocycles. The van der Waals surface area contributed by atoms with Gasteiger partial charge in [0.2, 0.25) is 0 Å². The van der Waals surface area contributed by atoms with Gasteiger partial charge < -0.3 is 14.8 Å². The van der Waals surface area contributed by atoms with Gasteiger partial charge >= 0.3 is 0 Å². The van der Waals surface area contributed by atoms with Crippen molar-refractivity contribution >= 4 is 5.91 Å². The second kappa shape index (κ2) is 7.74. The third-order valence-corrected chi connectivity index (χ3v) is 4.15. The van der Waals surface area contributed by atoms with E-state index in [0.29, 0.717) is 17.1 Å². The molecule has 0 bridgehead atoms. The van der Waals surface area contributed by atoms with Gasteiger partial charge in [0, 0.05) is 29.6 Å². The molecule has 1 N–H and O–H groups in total. The fraction of sp³-hybridized carbons (Fsp3) is 0.200. The van der Waals surface area contributed by atoms with E-state index in [9.17, 15) is 4.79 Å². The molecule has 0 radical (unpaired) electrons. The largest absolute Gasteiger partial charge is 0.497 e. The molecule has 134 valence electrons. The lowest BCUT2D eigenvalue weighted by molar-refractivity contribution is 0.0939. The van der Waals surface area contributed by atoms with Gasteiger partial charge in [-0.2, -0.15) is 5.10 Å². The third kappa shape index (κ3) is 3.69. The van der Waals surface area contributed by atoms with Crippen molar-refractivity contribution in [2.24, 2.45) is 0 Å². The zero-order chi connectivity index (χ0) is 18.5. The molecule has 0 saturated heterocycles. The molecule has 6 nitrogen and oxygen atoms in total. The quantitative estimate of drug-likeness (QED) is 0.739. The predicted molar refractivity (Wildman–Crippen MR) is 99.0 cm³/mol. The average molecular weight is 351 g/mol. The maximum absolute atomic E-state index is 12.5. The number of rotatable bonds is 6. The summed E-state index contributed by atoms with van der Waals surface area (Å²) < 4.78 is 12.4. The molecule has 0 aliphatic heterocycles. The topological polar surface area (TPSA) is 65.4 Å². The van der Waals surface area contributed by atoms with Gasteiger partial charge in [-0.3, -0.25) is 4.79 Å². The van der Waals surface area contributed by atoms with Crippen LogP contribution < -0.4 is 14.8 Å². The van der Waals surface area contributed by atoms with Gasteiger partial charge in [-0.1, -0.05) is 0 Å². The highest BCUT2D eigenvalue weighted by atomic mass is 16.5. The molecular formula is C20H21N3O3. The summed E-state index contributed by atoms with van der Waals surface area (Å²) in [7, 11) is 3.20. The van der Waals surface area contributed by atoms with Crippen LogP contribution in [0.2, 0.25) is 0 Å². The lowest BCUT2D eigenvalue weighted by atomic mass is 10.1. The number of hydrogen-bond donors (Lipinski definition) is 1. The van der Waals surface area contributed by atoms with Crippen LogP contribution >= 0.6 is 0 Å². The van der Waals surface area contributed by atoms with E-state index in [2.05, 4.69) is 10.4 Å². The first kappa shape index (κ1) is 17.5. The van der Waals surface area contributed by atoms with Crippen molar-refractivity contribution in [3.8, 4) is 17.2 Å². The van der Waals surface area contributed by atoms with E-state index in [4.69, 9.17) is 9.47 Å². The standard InChI is InChI=1S/C20H21N3O3/c1-14(18-10-9-17(25-2)13-19(18)26-3)22-20(24)15-5-7-16(8-6-15)23-12-4-11-21-23/h4-14H,1-3H3,(H,22,24). The van der Waals surface area contributed by atoms with Gasteiger partial charge in [0.05, 0.1) is 25.9 Å². The van der Waals surface area contributed by atoms with Crippen molar-refractivity contribution in [2.75, 3.05) is 14.2 Å². The van der Waals surface area contributed by atoms with Gasteiger partial charge in [0.1, 0.15) is 11.5 Å². The lowest BCUT2D eigenvalue weighted by Gasteiger charge is -2.18. The van der Waals surface area contributed by atoms with Crippen LogP contribution in [0.25, 0.3) is 5.69 Å². The van der Waals surface area contributed by atoms with Crippen molar-refractivity contribution in [3.05, 3.63) is 72.1 Å². The van der Waals surface area contributed by atoms with Crippen LogP contribution in [0.3, 0.4) is 0 Å². The highest BCUT2D eigenvalue weighted by Gasteiger charge is 2.16. The Hall–Kier alpha value is -3.28. The molecule has 2 aromatic carbocycles. The van der Waals surface area contributed by atoms with Crippen LogP contribution in [0.1, 0.15) is 28.9 Å². The summed E-state index contributed by atoms with van der Waals surface area (Å²) in [6.45, 7) is 1.92. The fourth-order valence-electron chi connectivity index (χ4n) is 2.72. The first-order valence-corrected chi connectivity index (χ1v) is 8.25. The summed E-state index contributed by atoms with van der Waals surface area (Å²) in [5.74, 6) is 1.23. The molecule has 1 unspecified atom stereocenters. The third-order valence-electron chi connectivity index (χ3n) is 4.15. The molecular weight excluding hydrogens is 330 g/mol. The molecule has 1 atom stereocenters. The van der Waals surface area contributed by atoms with E-state index in [1.54, 1.807) is 43.3 Å². The summed E-state index contributed by atoms with van der Waals surface area (Å²) in [5.41, 5.74) is 2.37. The number of methoxy groups -OCH3 is 2. The minimum absolute atomic E-state index is 0.151. The van der Waals surface area contributed by atoms with Crippen LogP contribution in [0, 0.1) is 0 Å². The van der Waals surface area contributed by atoms with Crippen LogP contribution in [-0.4, -0.2) is 29.9 Å². The van der Waals surface area contributed by atoms with Gasteiger partial charge in [-0.25, -0.2) is 4.68 Å². The maximum atomic E-state index is 12.5. The van der Waals surface area contributed by atoms with Crippen molar-refractivity contribution in [1.82, 2.24) is 15.1 Å². The minimum Gasteiger partial charge on any atom is -0.497 e. The first-order chi connectivity index (χ1) is 12.6. The summed E-state index contributed by atoms with van der Waals surface area (Å²) >= 11 is 0. The van der Waals surface area contributed by atoms with Crippen LogP contribution in [0.4, 0.5) is 0 Å². The Kier molecular flexibility index (Phi) is 5.22. The van der Waals surface area contributed by atoms with Crippen LogP contribution in [0.5, 0.6) is 11.5 Å². The first-order valence-electron chi connectivity index (χ1n) is 8.25. The molecule has 1 amide bonds. The summed E-state index contributed by atoms with van der Waals surface area (Å²) in [6.07, 6.45) is 3.57. The molecule has 0 aliphatic rings. The molecule has 0 fully saturated rings. The lowest BCUT2D eigenvalue weighted by Crippen LogP contribution is -2.27. The van der Waals surface area contributed by atoms with Gasteiger partial charge in [-0.05, 0) is 49.4 Å². The summed E-state index contributed by atoms with van der Waals surface area (Å²) in [4.78, 5) is 12.5. The Bertz CT molecular complexity index is 874. The Balaban J connectivity index is 1.73. The van der Waals surface area contributed by atoms with E-state index >= 15 is 0 Å². The Morgan fingerprint density at radius 1 is 1.12 bits per heavy atom. The molecule has 6 heteroatoms.